The van der Waals surface area contributed by atoms with Crippen LogP contribution in [0.4, 0.5) is 11.4 Å². The van der Waals surface area contributed by atoms with Crippen LogP contribution < -0.4 is 10.6 Å². The zero-order valence-electron chi connectivity index (χ0n) is 8.99. The summed E-state index contributed by atoms with van der Waals surface area (Å²) in [7, 11) is 1.89. The van der Waals surface area contributed by atoms with E-state index in [0.29, 0.717) is 5.92 Å². The van der Waals surface area contributed by atoms with E-state index >= 15 is 0 Å². The molecule has 4 heteroatoms. The molecule has 0 radical (unpaired) electrons. The second-order valence-corrected chi connectivity index (χ2v) is 3.82. The van der Waals surface area contributed by atoms with Gasteiger partial charge in [-0.2, -0.15) is 0 Å². The first-order valence-electron chi connectivity index (χ1n) is 5.33. The van der Waals surface area contributed by atoms with Gasteiger partial charge in [0, 0.05) is 26.1 Å². The first-order valence-corrected chi connectivity index (χ1v) is 5.33. The molecule has 15 heavy (non-hydrogen) atoms. The molecule has 1 fully saturated rings. The molecule has 1 saturated heterocycles. The molecule has 0 amide bonds. The molecule has 1 aromatic heterocycles. The van der Waals surface area contributed by atoms with Crippen LogP contribution in [0.3, 0.4) is 0 Å². The van der Waals surface area contributed by atoms with Crippen LogP contribution in [-0.2, 0) is 4.74 Å². The van der Waals surface area contributed by atoms with Gasteiger partial charge in [-0.15, -0.1) is 0 Å². The number of ether oxygens (including phenoxy) is 1. The fourth-order valence-corrected chi connectivity index (χ4v) is 1.68. The molecule has 2 rings (SSSR count). The highest BCUT2D eigenvalue weighted by Gasteiger charge is 2.14. The number of pyridine rings is 1. The van der Waals surface area contributed by atoms with Crippen molar-refractivity contribution in [2.75, 3.05) is 37.4 Å². The lowest BCUT2D eigenvalue weighted by Crippen LogP contribution is -2.14. The summed E-state index contributed by atoms with van der Waals surface area (Å²) in [5.74, 6) is 0.642. The molecule has 0 aliphatic carbocycles. The van der Waals surface area contributed by atoms with Crippen molar-refractivity contribution in [3.8, 4) is 0 Å². The maximum Gasteiger partial charge on any atom is 0.0547 e. The Morgan fingerprint density at radius 3 is 3.07 bits per heavy atom. The Balaban J connectivity index is 1.86. The molecule has 0 spiro atoms. The van der Waals surface area contributed by atoms with Crippen molar-refractivity contribution in [3.05, 3.63) is 18.5 Å². The second-order valence-electron chi connectivity index (χ2n) is 3.82. The van der Waals surface area contributed by atoms with Crippen molar-refractivity contribution in [3.63, 3.8) is 0 Å². The summed E-state index contributed by atoms with van der Waals surface area (Å²) in [6.45, 7) is 2.75. The topological polar surface area (TPSA) is 46.2 Å². The molecule has 1 atom stereocenters. The number of nitrogens with zero attached hydrogens (tertiary/aromatic N) is 1. The number of hydrogen-bond donors (Lipinski definition) is 2. The van der Waals surface area contributed by atoms with Gasteiger partial charge in [0.15, 0.2) is 0 Å². The lowest BCUT2D eigenvalue weighted by Gasteiger charge is -2.11. The molecule has 1 aromatic rings. The number of nitrogens with one attached hydrogen (secondary N) is 2. The first-order chi connectivity index (χ1) is 7.38. The van der Waals surface area contributed by atoms with Gasteiger partial charge in [-0.1, -0.05) is 0 Å². The van der Waals surface area contributed by atoms with Crippen LogP contribution >= 0.6 is 0 Å². The van der Waals surface area contributed by atoms with E-state index in [0.717, 1.165) is 37.6 Å². The quantitative estimate of drug-likeness (QED) is 0.786. The minimum atomic E-state index is 0.642. The molecule has 1 aliphatic heterocycles. The molecular weight excluding hydrogens is 190 g/mol. The predicted molar refractivity (Wildman–Crippen MR) is 61.2 cm³/mol. The second kappa shape index (κ2) is 4.98. The summed E-state index contributed by atoms with van der Waals surface area (Å²) < 4.78 is 5.32. The molecule has 1 aliphatic rings. The average Bonchev–Trinajstić information content (AvgIpc) is 2.79. The Labute approximate surface area is 90.0 Å². The molecule has 0 saturated carbocycles. The minimum Gasteiger partial charge on any atom is -0.387 e. The van der Waals surface area contributed by atoms with Crippen LogP contribution in [0.25, 0.3) is 0 Å². The van der Waals surface area contributed by atoms with E-state index in [1.807, 2.05) is 19.4 Å². The van der Waals surface area contributed by atoms with Crippen LogP contribution in [0.1, 0.15) is 6.42 Å². The zero-order chi connectivity index (χ0) is 10.5. The fraction of sp³-hybridized carbons (Fsp3) is 0.545. The number of rotatable bonds is 4. The Bertz CT molecular complexity index is 310. The average molecular weight is 207 g/mol. The van der Waals surface area contributed by atoms with Crippen molar-refractivity contribution < 1.29 is 4.74 Å². The van der Waals surface area contributed by atoms with Crippen molar-refractivity contribution in [1.82, 2.24) is 4.98 Å². The Morgan fingerprint density at radius 2 is 2.33 bits per heavy atom. The highest BCUT2D eigenvalue weighted by atomic mass is 16.5. The molecule has 1 unspecified atom stereocenters. The predicted octanol–water partition coefficient (Wildman–Crippen LogP) is 1.57. The smallest absolute Gasteiger partial charge is 0.0547 e. The van der Waals surface area contributed by atoms with Gasteiger partial charge in [-0.25, -0.2) is 0 Å². The van der Waals surface area contributed by atoms with Crippen molar-refractivity contribution in [2.24, 2.45) is 5.92 Å². The lowest BCUT2D eigenvalue weighted by molar-refractivity contribution is 0.187. The normalized spacial score (nSPS) is 20.2. The molecule has 0 aromatic carbocycles. The van der Waals surface area contributed by atoms with E-state index in [2.05, 4.69) is 21.7 Å². The summed E-state index contributed by atoms with van der Waals surface area (Å²) in [6.07, 6.45) is 4.81. The van der Waals surface area contributed by atoms with Gasteiger partial charge in [-0.3, -0.25) is 4.98 Å². The SMILES string of the molecule is CNc1cncc(NCC2CCOC2)c1. The third kappa shape index (κ3) is 2.83. The molecular formula is C11H17N3O. The van der Waals surface area contributed by atoms with E-state index in [1.54, 1.807) is 0 Å². The third-order valence-corrected chi connectivity index (χ3v) is 2.65. The molecule has 4 nitrogen and oxygen atoms in total. The Kier molecular flexibility index (Phi) is 3.40. The Morgan fingerprint density at radius 1 is 1.47 bits per heavy atom. The van der Waals surface area contributed by atoms with Crippen molar-refractivity contribution >= 4 is 11.4 Å². The summed E-state index contributed by atoms with van der Waals surface area (Å²) in [5.41, 5.74) is 2.09. The summed E-state index contributed by atoms with van der Waals surface area (Å²) in [4.78, 5) is 4.14. The molecule has 2 heterocycles. The minimum absolute atomic E-state index is 0.642. The standard InChI is InChI=1S/C11H17N3O/c1-12-10-4-11(7-13-6-10)14-5-9-2-3-15-8-9/h4,6-7,9,12,14H,2-3,5,8H2,1H3. The van der Waals surface area contributed by atoms with Crippen molar-refractivity contribution in [2.45, 2.75) is 6.42 Å². The van der Waals surface area contributed by atoms with Crippen LogP contribution in [-0.4, -0.2) is 31.8 Å². The number of anilines is 2. The maximum absolute atomic E-state index is 5.32. The van der Waals surface area contributed by atoms with E-state index in [-0.39, 0.29) is 0 Å². The molecule has 2 N–H and O–H groups in total. The number of aromatic nitrogens is 1. The fourth-order valence-electron chi connectivity index (χ4n) is 1.68. The maximum atomic E-state index is 5.32. The Hall–Kier alpha value is -1.29. The zero-order valence-corrected chi connectivity index (χ0v) is 8.99. The van der Waals surface area contributed by atoms with Gasteiger partial charge in [-0.05, 0) is 12.5 Å². The summed E-state index contributed by atoms with van der Waals surface area (Å²) in [5, 5.41) is 6.45. The van der Waals surface area contributed by atoms with E-state index in [4.69, 9.17) is 4.74 Å². The van der Waals surface area contributed by atoms with Crippen LogP contribution in [0.5, 0.6) is 0 Å². The highest BCUT2D eigenvalue weighted by Crippen LogP contribution is 2.16. The van der Waals surface area contributed by atoms with Gasteiger partial charge in [0.25, 0.3) is 0 Å². The summed E-state index contributed by atoms with van der Waals surface area (Å²) in [6, 6.07) is 2.06. The molecule has 82 valence electrons. The van der Waals surface area contributed by atoms with Gasteiger partial charge >= 0.3 is 0 Å². The van der Waals surface area contributed by atoms with Crippen LogP contribution in [0.2, 0.25) is 0 Å². The van der Waals surface area contributed by atoms with Crippen LogP contribution in [0, 0.1) is 5.92 Å². The highest BCUT2D eigenvalue weighted by molar-refractivity contribution is 5.53. The van der Waals surface area contributed by atoms with Gasteiger partial charge in [0.1, 0.15) is 0 Å². The molecule has 0 bridgehead atoms. The number of hydrogen-bond acceptors (Lipinski definition) is 4. The summed E-state index contributed by atoms with van der Waals surface area (Å²) >= 11 is 0. The van der Waals surface area contributed by atoms with E-state index in [9.17, 15) is 0 Å². The third-order valence-electron chi connectivity index (χ3n) is 2.65. The lowest BCUT2D eigenvalue weighted by atomic mass is 10.1. The van der Waals surface area contributed by atoms with Gasteiger partial charge in [0.05, 0.1) is 30.4 Å². The largest absolute Gasteiger partial charge is 0.387 e. The van der Waals surface area contributed by atoms with E-state index < -0.39 is 0 Å². The first kappa shape index (κ1) is 10.2. The van der Waals surface area contributed by atoms with E-state index in [1.165, 1.54) is 0 Å². The monoisotopic (exact) mass is 207 g/mol. The van der Waals surface area contributed by atoms with Gasteiger partial charge in [0.2, 0.25) is 0 Å². The van der Waals surface area contributed by atoms with Crippen molar-refractivity contribution in [1.29, 1.82) is 0 Å². The van der Waals surface area contributed by atoms with Gasteiger partial charge < -0.3 is 15.4 Å². The van der Waals surface area contributed by atoms with Crippen LogP contribution in [0.15, 0.2) is 18.5 Å².